The van der Waals surface area contributed by atoms with Crippen LogP contribution in [0.15, 0.2) is 36.5 Å². The average Bonchev–Trinajstić information content (AvgIpc) is 2.83. The number of benzene rings is 1. The van der Waals surface area contributed by atoms with E-state index in [2.05, 4.69) is 22.8 Å². The number of nitrogens with two attached hydrogens (primary N) is 1. The summed E-state index contributed by atoms with van der Waals surface area (Å²) in [6.45, 7) is 3.90. The summed E-state index contributed by atoms with van der Waals surface area (Å²) in [6, 6.07) is 10.3. The van der Waals surface area contributed by atoms with Gasteiger partial charge in [0.05, 0.1) is 6.54 Å². The zero-order valence-corrected chi connectivity index (χ0v) is 13.9. The van der Waals surface area contributed by atoms with Crippen molar-refractivity contribution in [2.75, 3.05) is 32.7 Å². The van der Waals surface area contributed by atoms with Crippen molar-refractivity contribution in [2.24, 2.45) is 5.73 Å². The van der Waals surface area contributed by atoms with E-state index in [1.165, 1.54) is 5.39 Å². The lowest BCUT2D eigenvalue weighted by molar-refractivity contribution is -0.131. The number of hydrogen-bond acceptors (Lipinski definition) is 3. The maximum absolute atomic E-state index is 12.5. The van der Waals surface area contributed by atoms with Gasteiger partial charge in [0, 0.05) is 50.9 Å². The molecular formula is C18H24N4O2. The molecule has 1 aliphatic heterocycles. The Morgan fingerprint density at radius 1 is 1.04 bits per heavy atom. The number of amides is 2. The van der Waals surface area contributed by atoms with E-state index in [9.17, 15) is 9.59 Å². The maximum Gasteiger partial charge on any atom is 0.231 e. The SMILES string of the molecule is NC(=O)CN1CCCN(C(=O)CCn2ccc3ccccc32)CC1. The second kappa shape index (κ2) is 7.49. The van der Waals surface area contributed by atoms with Crippen LogP contribution < -0.4 is 5.73 Å². The van der Waals surface area contributed by atoms with E-state index in [-0.39, 0.29) is 18.4 Å². The molecule has 1 aliphatic rings. The number of carbonyl (C=O) groups excluding carboxylic acids is 2. The molecule has 128 valence electrons. The van der Waals surface area contributed by atoms with Gasteiger partial charge in [-0.05, 0) is 23.9 Å². The van der Waals surface area contributed by atoms with Gasteiger partial charge in [0.25, 0.3) is 0 Å². The first-order valence-corrected chi connectivity index (χ1v) is 8.46. The molecule has 1 aromatic heterocycles. The molecule has 24 heavy (non-hydrogen) atoms. The fourth-order valence-electron chi connectivity index (χ4n) is 3.31. The highest BCUT2D eigenvalue weighted by Gasteiger charge is 2.19. The highest BCUT2D eigenvalue weighted by Crippen LogP contribution is 2.16. The monoisotopic (exact) mass is 328 g/mol. The Labute approximate surface area is 141 Å². The molecule has 0 spiro atoms. The minimum absolute atomic E-state index is 0.175. The Kier molecular flexibility index (Phi) is 5.15. The van der Waals surface area contributed by atoms with Crippen LogP contribution in [0.4, 0.5) is 0 Å². The summed E-state index contributed by atoms with van der Waals surface area (Å²) in [7, 11) is 0. The van der Waals surface area contributed by atoms with E-state index in [0.717, 1.165) is 25.0 Å². The second-order valence-electron chi connectivity index (χ2n) is 6.29. The zero-order chi connectivity index (χ0) is 16.9. The molecule has 1 saturated heterocycles. The minimum atomic E-state index is -0.311. The molecule has 0 aliphatic carbocycles. The van der Waals surface area contributed by atoms with E-state index in [1.807, 2.05) is 28.1 Å². The number of aromatic nitrogens is 1. The predicted molar refractivity (Wildman–Crippen MR) is 93.4 cm³/mol. The van der Waals surface area contributed by atoms with E-state index in [1.54, 1.807) is 0 Å². The Balaban J connectivity index is 1.54. The van der Waals surface area contributed by atoms with E-state index in [0.29, 0.717) is 26.1 Å². The fraction of sp³-hybridized carbons (Fsp3) is 0.444. The first-order valence-electron chi connectivity index (χ1n) is 8.46. The fourth-order valence-corrected chi connectivity index (χ4v) is 3.31. The van der Waals surface area contributed by atoms with Gasteiger partial charge in [0.2, 0.25) is 11.8 Å². The summed E-state index contributed by atoms with van der Waals surface area (Å²) in [5, 5.41) is 1.20. The molecule has 2 N–H and O–H groups in total. The van der Waals surface area contributed by atoms with Gasteiger partial charge in [-0.3, -0.25) is 14.5 Å². The molecule has 2 heterocycles. The molecule has 3 rings (SSSR count). The van der Waals surface area contributed by atoms with Gasteiger partial charge < -0.3 is 15.2 Å². The predicted octanol–water partition coefficient (Wildman–Crippen LogP) is 1.05. The van der Waals surface area contributed by atoms with Crippen LogP contribution in [0.25, 0.3) is 10.9 Å². The van der Waals surface area contributed by atoms with Crippen molar-refractivity contribution in [2.45, 2.75) is 19.4 Å². The molecule has 6 heteroatoms. The average molecular weight is 328 g/mol. The third-order valence-electron chi connectivity index (χ3n) is 4.57. The molecule has 2 aromatic rings. The summed E-state index contributed by atoms with van der Waals surface area (Å²) in [4.78, 5) is 27.5. The standard InChI is InChI=1S/C18H24N4O2/c19-17(23)14-20-8-3-9-22(13-12-20)18(24)7-11-21-10-6-15-4-1-2-5-16(15)21/h1-2,4-6,10H,3,7-9,11-14H2,(H2,19,23). The first-order chi connectivity index (χ1) is 11.6. The van der Waals surface area contributed by atoms with Gasteiger partial charge in [-0.1, -0.05) is 18.2 Å². The Morgan fingerprint density at radius 3 is 2.71 bits per heavy atom. The summed E-state index contributed by atoms with van der Waals surface area (Å²) < 4.78 is 2.13. The van der Waals surface area contributed by atoms with Crippen molar-refractivity contribution < 1.29 is 9.59 Å². The molecule has 0 bridgehead atoms. The Morgan fingerprint density at radius 2 is 1.88 bits per heavy atom. The van der Waals surface area contributed by atoms with Gasteiger partial charge in [0.15, 0.2) is 0 Å². The van der Waals surface area contributed by atoms with Crippen molar-refractivity contribution >= 4 is 22.7 Å². The zero-order valence-electron chi connectivity index (χ0n) is 13.9. The van der Waals surface area contributed by atoms with Crippen LogP contribution in [0.5, 0.6) is 0 Å². The number of hydrogen-bond donors (Lipinski definition) is 1. The smallest absolute Gasteiger partial charge is 0.231 e. The number of rotatable bonds is 5. The lowest BCUT2D eigenvalue weighted by Crippen LogP contribution is -2.38. The highest BCUT2D eigenvalue weighted by atomic mass is 16.2. The normalized spacial score (nSPS) is 16.2. The van der Waals surface area contributed by atoms with Crippen LogP contribution in [0.3, 0.4) is 0 Å². The molecule has 2 amide bonds. The summed E-state index contributed by atoms with van der Waals surface area (Å²) in [6.07, 6.45) is 3.41. The number of para-hydroxylation sites is 1. The van der Waals surface area contributed by atoms with E-state index in [4.69, 9.17) is 5.73 Å². The third kappa shape index (κ3) is 3.94. The van der Waals surface area contributed by atoms with E-state index < -0.39 is 0 Å². The number of fused-ring (bicyclic) bond motifs is 1. The van der Waals surface area contributed by atoms with Crippen LogP contribution >= 0.6 is 0 Å². The Bertz CT molecular complexity index is 725. The van der Waals surface area contributed by atoms with Gasteiger partial charge >= 0.3 is 0 Å². The summed E-state index contributed by atoms with van der Waals surface area (Å²) in [5.41, 5.74) is 6.41. The maximum atomic E-state index is 12.5. The molecular weight excluding hydrogens is 304 g/mol. The third-order valence-corrected chi connectivity index (χ3v) is 4.57. The first kappa shape index (κ1) is 16.5. The second-order valence-corrected chi connectivity index (χ2v) is 6.29. The van der Waals surface area contributed by atoms with Gasteiger partial charge in [0.1, 0.15) is 0 Å². The highest BCUT2D eigenvalue weighted by molar-refractivity contribution is 5.80. The number of nitrogens with zero attached hydrogens (tertiary/aromatic N) is 3. The van der Waals surface area contributed by atoms with Crippen LogP contribution in [0.1, 0.15) is 12.8 Å². The number of primary amides is 1. The molecule has 0 saturated carbocycles. The molecule has 6 nitrogen and oxygen atoms in total. The summed E-state index contributed by atoms with van der Waals surface area (Å²) in [5.74, 6) is -0.136. The van der Waals surface area contributed by atoms with Crippen molar-refractivity contribution in [1.82, 2.24) is 14.4 Å². The Hall–Kier alpha value is -2.34. The summed E-state index contributed by atoms with van der Waals surface area (Å²) >= 11 is 0. The topological polar surface area (TPSA) is 71.6 Å². The van der Waals surface area contributed by atoms with Gasteiger partial charge in [-0.2, -0.15) is 0 Å². The van der Waals surface area contributed by atoms with Crippen molar-refractivity contribution in [3.63, 3.8) is 0 Å². The largest absolute Gasteiger partial charge is 0.369 e. The molecule has 0 unspecified atom stereocenters. The lowest BCUT2D eigenvalue weighted by atomic mass is 10.2. The minimum Gasteiger partial charge on any atom is -0.369 e. The van der Waals surface area contributed by atoms with Gasteiger partial charge in [-0.25, -0.2) is 0 Å². The molecule has 0 atom stereocenters. The van der Waals surface area contributed by atoms with Crippen molar-refractivity contribution in [3.8, 4) is 0 Å². The van der Waals surface area contributed by atoms with E-state index >= 15 is 0 Å². The van der Waals surface area contributed by atoms with Crippen molar-refractivity contribution in [1.29, 1.82) is 0 Å². The van der Waals surface area contributed by atoms with Crippen LogP contribution in [-0.4, -0.2) is 58.9 Å². The quantitative estimate of drug-likeness (QED) is 0.892. The van der Waals surface area contributed by atoms with Crippen molar-refractivity contribution in [3.05, 3.63) is 36.5 Å². The van der Waals surface area contributed by atoms with Gasteiger partial charge in [-0.15, -0.1) is 0 Å². The molecule has 1 fully saturated rings. The number of carbonyl (C=O) groups is 2. The molecule has 0 radical (unpaired) electrons. The lowest BCUT2D eigenvalue weighted by Gasteiger charge is -2.21. The van der Waals surface area contributed by atoms with Crippen LogP contribution in [0, 0.1) is 0 Å². The van der Waals surface area contributed by atoms with Crippen LogP contribution in [-0.2, 0) is 16.1 Å². The molecule has 1 aromatic carbocycles. The number of aryl methyl sites for hydroxylation is 1. The van der Waals surface area contributed by atoms with Crippen LogP contribution in [0.2, 0.25) is 0 Å².